The van der Waals surface area contributed by atoms with Gasteiger partial charge in [0.05, 0.1) is 6.61 Å². The van der Waals surface area contributed by atoms with E-state index in [4.69, 9.17) is 14.0 Å². The summed E-state index contributed by atoms with van der Waals surface area (Å²) in [6.07, 6.45) is 3.87. The molecule has 0 saturated carbocycles. The molecule has 1 aliphatic heterocycles. The fraction of sp³-hybridized carbons (Fsp3) is 0.950. The molecule has 1 aliphatic rings. The van der Waals surface area contributed by atoms with E-state index in [9.17, 15) is 28.5 Å². The molecule has 0 bridgehead atoms. The number of unbranched alkanes of at least 4 members (excludes halogenated alkanes) is 10. The predicted molar refractivity (Wildman–Crippen MR) is 111 cm³/mol. The molecule has 10 nitrogen and oxygen atoms in total. The van der Waals surface area contributed by atoms with Crippen molar-refractivity contribution in [2.75, 3.05) is 6.61 Å². The van der Waals surface area contributed by atoms with Gasteiger partial charge in [0, 0.05) is 6.42 Å². The number of hydrogen-bond donors (Lipinski definition) is 4. The predicted octanol–water partition coefficient (Wildman–Crippen LogP) is 1.86. The molecule has 184 valence electrons. The van der Waals surface area contributed by atoms with Crippen LogP contribution in [0, 0.1) is 0 Å². The van der Waals surface area contributed by atoms with Gasteiger partial charge < -0.3 is 24.8 Å². The Morgan fingerprint density at radius 3 is 1.90 bits per heavy atom. The fourth-order valence-corrected chi connectivity index (χ4v) is 4.10. The summed E-state index contributed by atoms with van der Waals surface area (Å²) in [5, 5.41) is 29.1. The molecule has 31 heavy (non-hydrogen) atoms. The summed E-state index contributed by atoms with van der Waals surface area (Å²) >= 11 is 0. The van der Waals surface area contributed by atoms with Crippen LogP contribution in [0.5, 0.6) is 0 Å². The third kappa shape index (κ3) is 11.6. The van der Waals surface area contributed by atoms with Crippen molar-refractivity contribution in [3.05, 3.63) is 0 Å². The lowest BCUT2D eigenvalue weighted by Crippen LogP contribution is -2.61. The van der Waals surface area contributed by atoms with Crippen LogP contribution in [-0.2, 0) is 28.9 Å². The van der Waals surface area contributed by atoms with Crippen molar-refractivity contribution < 1.29 is 46.7 Å². The molecule has 1 rings (SSSR count). The fourth-order valence-electron chi connectivity index (χ4n) is 3.59. The topological polar surface area (TPSA) is 160 Å². The van der Waals surface area contributed by atoms with E-state index in [2.05, 4.69) is 11.1 Å². The van der Waals surface area contributed by atoms with E-state index in [1.807, 2.05) is 0 Å². The van der Waals surface area contributed by atoms with E-state index in [0.717, 1.165) is 19.3 Å². The first-order valence-electron chi connectivity index (χ1n) is 11.2. The summed E-state index contributed by atoms with van der Waals surface area (Å²) in [4.78, 5) is 12.1. The summed E-state index contributed by atoms with van der Waals surface area (Å²) in [5.41, 5.74) is 0. The van der Waals surface area contributed by atoms with Gasteiger partial charge in [0.15, 0.2) is 12.4 Å². The van der Waals surface area contributed by atoms with Crippen molar-refractivity contribution in [2.45, 2.75) is 115 Å². The Labute approximate surface area is 184 Å². The van der Waals surface area contributed by atoms with Crippen molar-refractivity contribution >= 4 is 16.4 Å². The van der Waals surface area contributed by atoms with Crippen LogP contribution >= 0.6 is 0 Å². The Morgan fingerprint density at radius 2 is 1.42 bits per heavy atom. The van der Waals surface area contributed by atoms with Gasteiger partial charge in [0.2, 0.25) is 0 Å². The lowest BCUT2D eigenvalue weighted by Gasteiger charge is -2.40. The summed E-state index contributed by atoms with van der Waals surface area (Å²) < 4.78 is 45.5. The molecule has 0 amide bonds. The number of aliphatic hydroxyl groups is 3. The number of rotatable bonds is 16. The van der Waals surface area contributed by atoms with Gasteiger partial charge in [-0.25, -0.2) is 4.18 Å². The van der Waals surface area contributed by atoms with Gasteiger partial charge in [-0.2, -0.15) is 8.42 Å². The SMILES string of the molecule is CCCCCCCCCCCCCC(=O)O[C@@H]1[C@@H](O)[C@@H](O)O[C@H](CO)[C@H]1OS(=O)(=O)O. The average Bonchev–Trinajstić information content (AvgIpc) is 2.70. The summed E-state index contributed by atoms with van der Waals surface area (Å²) in [6.45, 7) is 1.40. The molecular weight excluding hydrogens is 432 g/mol. The third-order valence-corrected chi connectivity index (χ3v) is 5.76. The number of ether oxygens (including phenoxy) is 2. The van der Waals surface area contributed by atoms with E-state index in [0.29, 0.717) is 6.42 Å². The van der Waals surface area contributed by atoms with E-state index < -0.39 is 53.7 Å². The second-order valence-electron chi connectivity index (χ2n) is 7.97. The molecule has 0 aliphatic carbocycles. The molecule has 11 heteroatoms. The zero-order chi connectivity index (χ0) is 23.3. The lowest BCUT2D eigenvalue weighted by atomic mass is 9.99. The first-order valence-corrected chi connectivity index (χ1v) is 12.5. The molecule has 0 radical (unpaired) electrons. The van der Waals surface area contributed by atoms with E-state index in [1.165, 1.54) is 44.9 Å². The maximum atomic E-state index is 12.1. The Balaban J connectivity index is 2.35. The van der Waals surface area contributed by atoms with Gasteiger partial charge in [0.1, 0.15) is 18.3 Å². The largest absolute Gasteiger partial charge is 0.456 e. The number of aliphatic hydroxyl groups excluding tert-OH is 3. The Kier molecular flexibility index (Phi) is 13.7. The number of carbonyl (C=O) groups is 1. The second kappa shape index (κ2) is 15.1. The maximum Gasteiger partial charge on any atom is 0.397 e. The van der Waals surface area contributed by atoms with Crippen LogP contribution in [0.25, 0.3) is 0 Å². The highest BCUT2D eigenvalue weighted by Gasteiger charge is 2.49. The van der Waals surface area contributed by atoms with Crippen LogP contribution in [0.4, 0.5) is 0 Å². The Bertz CT molecular complexity index is 597. The molecule has 4 N–H and O–H groups in total. The first kappa shape index (κ1) is 28.2. The molecule has 0 spiro atoms. The van der Waals surface area contributed by atoms with Gasteiger partial charge in [-0.15, -0.1) is 0 Å². The van der Waals surface area contributed by atoms with Gasteiger partial charge in [0.25, 0.3) is 0 Å². The van der Waals surface area contributed by atoms with Crippen LogP contribution in [0.15, 0.2) is 0 Å². The minimum absolute atomic E-state index is 0.0412. The van der Waals surface area contributed by atoms with Crippen molar-refractivity contribution in [1.82, 2.24) is 0 Å². The van der Waals surface area contributed by atoms with Crippen LogP contribution in [0.1, 0.15) is 84.0 Å². The summed E-state index contributed by atoms with van der Waals surface area (Å²) in [7, 11) is -4.99. The van der Waals surface area contributed by atoms with Crippen LogP contribution in [0.2, 0.25) is 0 Å². The van der Waals surface area contributed by atoms with Crippen LogP contribution in [-0.4, -0.2) is 71.6 Å². The van der Waals surface area contributed by atoms with Gasteiger partial charge in [-0.05, 0) is 6.42 Å². The lowest BCUT2D eigenvalue weighted by molar-refractivity contribution is -0.285. The monoisotopic (exact) mass is 470 g/mol. The minimum atomic E-state index is -4.99. The molecule has 0 aromatic carbocycles. The molecule has 5 atom stereocenters. The van der Waals surface area contributed by atoms with E-state index >= 15 is 0 Å². The number of hydrogen-bond acceptors (Lipinski definition) is 9. The third-order valence-electron chi connectivity index (χ3n) is 5.30. The molecule has 0 unspecified atom stereocenters. The smallest absolute Gasteiger partial charge is 0.397 e. The molecule has 0 aromatic heterocycles. The van der Waals surface area contributed by atoms with Crippen LogP contribution < -0.4 is 0 Å². The van der Waals surface area contributed by atoms with Gasteiger partial charge in [-0.3, -0.25) is 9.35 Å². The van der Waals surface area contributed by atoms with Crippen LogP contribution in [0.3, 0.4) is 0 Å². The highest BCUT2D eigenvalue weighted by Crippen LogP contribution is 2.26. The highest BCUT2D eigenvalue weighted by atomic mass is 32.3. The molecule has 1 fully saturated rings. The van der Waals surface area contributed by atoms with Crippen molar-refractivity contribution in [2.24, 2.45) is 0 Å². The standard InChI is InChI=1S/C20H38O10S/c1-2-3-4-5-6-7-8-9-10-11-12-13-16(22)29-19-17(23)20(24)28-15(14-21)18(19)30-31(25,26)27/h15,17-21,23-24H,2-14H2,1H3,(H,25,26,27)/t15-,17-,18-,19-,20+/m1/s1. The highest BCUT2D eigenvalue weighted by molar-refractivity contribution is 7.80. The van der Waals surface area contributed by atoms with Crippen molar-refractivity contribution in [3.63, 3.8) is 0 Å². The molecule has 0 aromatic rings. The quantitative estimate of drug-likeness (QED) is 0.149. The van der Waals surface area contributed by atoms with Crippen molar-refractivity contribution in [3.8, 4) is 0 Å². The minimum Gasteiger partial charge on any atom is -0.456 e. The second-order valence-corrected chi connectivity index (χ2v) is 9.01. The normalized spacial score (nSPS) is 26.7. The maximum absolute atomic E-state index is 12.1. The zero-order valence-electron chi connectivity index (χ0n) is 18.2. The van der Waals surface area contributed by atoms with Gasteiger partial charge in [-0.1, -0.05) is 71.1 Å². The number of carbonyl (C=O) groups excluding carboxylic acids is 1. The van der Waals surface area contributed by atoms with Gasteiger partial charge >= 0.3 is 16.4 Å². The molecular formula is C20H38O10S. The first-order chi connectivity index (χ1) is 14.7. The van der Waals surface area contributed by atoms with Crippen molar-refractivity contribution in [1.29, 1.82) is 0 Å². The summed E-state index contributed by atoms with van der Waals surface area (Å²) in [6, 6.07) is 0. The Morgan fingerprint density at radius 1 is 0.903 bits per heavy atom. The summed E-state index contributed by atoms with van der Waals surface area (Å²) in [5.74, 6) is -0.713. The number of esters is 1. The Hall–Kier alpha value is -0.820. The zero-order valence-corrected chi connectivity index (χ0v) is 19.0. The van der Waals surface area contributed by atoms with E-state index in [1.54, 1.807) is 0 Å². The van der Waals surface area contributed by atoms with E-state index in [-0.39, 0.29) is 6.42 Å². The average molecular weight is 471 g/mol. The molecule has 1 saturated heterocycles. The molecule has 1 heterocycles.